The topological polar surface area (TPSA) is 21.3 Å². The van der Waals surface area contributed by atoms with Gasteiger partial charge in [0.25, 0.3) is 0 Å². The van der Waals surface area contributed by atoms with Gasteiger partial charge in [-0.3, -0.25) is 0 Å². The fourth-order valence-corrected chi connectivity index (χ4v) is 2.56. The maximum absolute atomic E-state index is 5.71. The summed E-state index contributed by atoms with van der Waals surface area (Å²) in [6, 6.07) is 12.8. The Balaban J connectivity index is 1.71. The Morgan fingerprint density at radius 3 is 2.45 bits per heavy atom. The number of hydrogen-bond acceptors (Lipinski definition) is 3. The minimum Gasteiger partial charge on any atom is -0.371 e. The monoisotopic (exact) mass is 289 g/mol. The molecule has 2 rings (SSSR count). The van der Waals surface area contributed by atoms with Crippen LogP contribution in [0.1, 0.15) is 29.9 Å². The minimum absolute atomic E-state index is 0.678. The second-order valence-corrected chi connectivity index (χ2v) is 6.45. The van der Waals surface area contributed by atoms with Crippen molar-refractivity contribution in [3.05, 3.63) is 57.8 Å². The maximum Gasteiger partial charge on any atom is 0.0813 e. The lowest BCUT2D eigenvalue weighted by Crippen LogP contribution is -2.18. The molecule has 20 heavy (non-hydrogen) atoms. The first kappa shape index (κ1) is 15.2. The van der Waals surface area contributed by atoms with Crippen LogP contribution in [-0.4, -0.2) is 6.54 Å². The second-order valence-electron chi connectivity index (χ2n) is 5.41. The molecule has 0 fully saturated rings. The quantitative estimate of drug-likeness (QED) is 0.786. The van der Waals surface area contributed by atoms with E-state index in [1.54, 1.807) is 11.3 Å². The Morgan fingerprint density at radius 1 is 1.05 bits per heavy atom. The van der Waals surface area contributed by atoms with E-state index in [9.17, 15) is 0 Å². The van der Waals surface area contributed by atoms with Crippen LogP contribution in [0.3, 0.4) is 0 Å². The van der Waals surface area contributed by atoms with E-state index >= 15 is 0 Å². The summed E-state index contributed by atoms with van der Waals surface area (Å²) in [5.74, 6) is 0.694. The number of ether oxygens (including phenoxy) is 1. The molecule has 2 aromatic rings. The number of nitrogens with one attached hydrogen (secondary N) is 1. The first-order chi connectivity index (χ1) is 9.74. The number of benzene rings is 1. The molecule has 0 amide bonds. The molecule has 1 aromatic carbocycles. The summed E-state index contributed by atoms with van der Waals surface area (Å²) in [5.41, 5.74) is 2.56. The fourth-order valence-electron chi connectivity index (χ4n) is 1.92. The van der Waals surface area contributed by atoms with Gasteiger partial charge in [0.2, 0.25) is 0 Å². The SMILES string of the molecule is CC(C)CNCc1ccc(COCc2cccs2)cc1. The van der Waals surface area contributed by atoms with E-state index in [4.69, 9.17) is 4.74 Å². The van der Waals surface area contributed by atoms with Crippen LogP contribution in [0.2, 0.25) is 0 Å². The summed E-state index contributed by atoms with van der Waals surface area (Å²) in [5, 5.41) is 5.53. The van der Waals surface area contributed by atoms with Crippen LogP contribution in [0.4, 0.5) is 0 Å². The smallest absolute Gasteiger partial charge is 0.0813 e. The van der Waals surface area contributed by atoms with E-state index in [1.807, 2.05) is 0 Å². The zero-order valence-corrected chi connectivity index (χ0v) is 13.1. The van der Waals surface area contributed by atoms with Crippen molar-refractivity contribution < 1.29 is 4.74 Å². The normalized spacial score (nSPS) is 11.2. The highest BCUT2D eigenvalue weighted by atomic mass is 32.1. The molecule has 0 atom stereocenters. The maximum atomic E-state index is 5.71. The van der Waals surface area contributed by atoms with Gasteiger partial charge >= 0.3 is 0 Å². The first-order valence-corrected chi connectivity index (χ1v) is 8.00. The summed E-state index contributed by atoms with van der Waals surface area (Å²) < 4.78 is 5.71. The molecular formula is C17H23NOS. The molecule has 0 radical (unpaired) electrons. The van der Waals surface area contributed by atoms with Crippen LogP contribution < -0.4 is 5.32 Å². The highest BCUT2D eigenvalue weighted by molar-refractivity contribution is 7.09. The van der Waals surface area contributed by atoms with Crippen LogP contribution in [-0.2, 0) is 24.5 Å². The van der Waals surface area contributed by atoms with Gasteiger partial charge in [-0.25, -0.2) is 0 Å². The van der Waals surface area contributed by atoms with Crippen LogP contribution >= 0.6 is 11.3 Å². The van der Waals surface area contributed by atoms with Gasteiger partial charge in [0, 0.05) is 11.4 Å². The summed E-state index contributed by atoms with van der Waals surface area (Å²) in [6.07, 6.45) is 0. The average Bonchev–Trinajstić information content (AvgIpc) is 2.93. The molecule has 3 heteroatoms. The number of hydrogen-bond donors (Lipinski definition) is 1. The third-order valence-electron chi connectivity index (χ3n) is 3.00. The van der Waals surface area contributed by atoms with Crippen LogP contribution in [0.5, 0.6) is 0 Å². The molecule has 0 aliphatic heterocycles. The summed E-state index contributed by atoms with van der Waals surface area (Å²) >= 11 is 1.74. The van der Waals surface area contributed by atoms with E-state index < -0.39 is 0 Å². The van der Waals surface area contributed by atoms with Crippen molar-refractivity contribution >= 4 is 11.3 Å². The third kappa shape index (κ3) is 5.45. The van der Waals surface area contributed by atoms with Gasteiger partial charge in [-0.2, -0.15) is 0 Å². The first-order valence-electron chi connectivity index (χ1n) is 7.12. The Morgan fingerprint density at radius 2 is 1.80 bits per heavy atom. The summed E-state index contributed by atoms with van der Waals surface area (Å²) in [4.78, 5) is 1.28. The minimum atomic E-state index is 0.678. The molecule has 0 aliphatic rings. The molecule has 1 N–H and O–H groups in total. The Hall–Kier alpha value is -1.16. The summed E-state index contributed by atoms with van der Waals surface area (Å²) in [7, 11) is 0. The molecule has 2 nitrogen and oxygen atoms in total. The molecule has 108 valence electrons. The van der Waals surface area contributed by atoms with E-state index in [-0.39, 0.29) is 0 Å². The zero-order chi connectivity index (χ0) is 14.2. The molecule has 0 unspecified atom stereocenters. The van der Waals surface area contributed by atoms with E-state index in [1.165, 1.54) is 16.0 Å². The van der Waals surface area contributed by atoms with Gasteiger partial charge < -0.3 is 10.1 Å². The van der Waals surface area contributed by atoms with Crippen molar-refractivity contribution in [2.45, 2.75) is 33.6 Å². The fraction of sp³-hybridized carbons (Fsp3) is 0.412. The van der Waals surface area contributed by atoms with Gasteiger partial charge in [0.15, 0.2) is 0 Å². The lowest BCUT2D eigenvalue weighted by atomic mass is 10.1. The molecule has 1 aromatic heterocycles. The van der Waals surface area contributed by atoms with Gasteiger partial charge in [0.05, 0.1) is 13.2 Å². The molecule has 0 aliphatic carbocycles. The van der Waals surface area contributed by atoms with Crippen LogP contribution in [0, 0.1) is 5.92 Å². The standard InChI is InChI=1S/C17H23NOS/c1-14(2)10-18-11-15-5-7-16(8-6-15)12-19-13-17-4-3-9-20-17/h3-9,14,18H,10-13H2,1-2H3. The summed E-state index contributed by atoms with van der Waals surface area (Å²) in [6.45, 7) is 7.83. The van der Waals surface area contributed by atoms with Crippen LogP contribution in [0.15, 0.2) is 41.8 Å². The van der Waals surface area contributed by atoms with Crippen molar-refractivity contribution in [2.75, 3.05) is 6.54 Å². The predicted molar refractivity (Wildman–Crippen MR) is 85.8 cm³/mol. The van der Waals surface area contributed by atoms with Gasteiger partial charge in [-0.1, -0.05) is 44.2 Å². The second kappa shape index (κ2) is 8.20. The highest BCUT2D eigenvalue weighted by Crippen LogP contribution is 2.12. The Bertz CT molecular complexity index is 476. The number of thiophene rings is 1. The highest BCUT2D eigenvalue weighted by Gasteiger charge is 1.98. The predicted octanol–water partition coefficient (Wildman–Crippen LogP) is 4.21. The van der Waals surface area contributed by atoms with E-state index in [2.05, 4.69) is 60.9 Å². The molecule has 0 saturated carbocycles. The van der Waals surface area contributed by atoms with Crippen molar-refractivity contribution in [1.82, 2.24) is 5.32 Å². The van der Waals surface area contributed by atoms with Gasteiger partial charge in [-0.15, -0.1) is 11.3 Å². The van der Waals surface area contributed by atoms with Crippen LogP contribution in [0.25, 0.3) is 0 Å². The zero-order valence-electron chi connectivity index (χ0n) is 12.3. The van der Waals surface area contributed by atoms with Crippen molar-refractivity contribution in [1.29, 1.82) is 0 Å². The van der Waals surface area contributed by atoms with Gasteiger partial charge in [-0.05, 0) is 35.0 Å². The largest absolute Gasteiger partial charge is 0.371 e. The third-order valence-corrected chi connectivity index (χ3v) is 3.85. The van der Waals surface area contributed by atoms with Crippen molar-refractivity contribution in [3.63, 3.8) is 0 Å². The molecular weight excluding hydrogens is 266 g/mol. The van der Waals surface area contributed by atoms with Gasteiger partial charge in [0.1, 0.15) is 0 Å². The molecule has 0 bridgehead atoms. The van der Waals surface area contributed by atoms with Crippen molar-refractivity contribution in [2.24, 2.45) is 5.92 Å². The average molecular weight is 289 g/mol. The molecule has 0 saturated heterocycles. The Kier molecular flexibility index (Phi) is 6.25. The van der Waals surface area contributed by atoms with Crippen molar-refractivity contribution in [3.8, 4) is 0 Å². The van der Waals surface area contributed by atoms with E-state index in [0.29, 0.717) is 19.1 Å². The number of rotatable bonds is 8. The van der Waals surface area contributed by atoms with E-state index in [0.717, 1.165) is 13.1 Å². The Labute approximate surface area is 125 Å². The lowest BCUT2D eigenvalue weighted by Gasteiger charge is -2.08. The molecule has 1 heterocycles. The molecule has 0 spiro atoms. The lowest BCUT2D eigenvalue weighted by molar-refractivity contribution is 0.109.